The van der Waals surface area contributed by atoms with Gasteiger partial charge in [-0.2, -0.15) is 4.31 Å². The average molecular weight is 414 g/mol. The van der Waals surface area contributed by atoms with E-state index in [1.807, 2.05) is 0 Å². The van der Waals surface area contributed by atoms with Crippen LogP contribution in [-0.2, 0) is 24.3 Å². The number of sulfonamides is 1. The third-order valence-electron chi connectivity index (χ3n) is 4.79. The number of rotatable bonds is 5. The van der Waals surface area contributed by atoms with Gasteiger partial charge in [0.05, 0.1) is 18.8 Å². The summed E-state index contributed by atoms with van der Waals surface area (Å²) in [5.74, 6) is -2.16. The van der Waals surface area contributed by atoms with Crippen LogP contribution < -0.4 is 0 Å². The van der Waals surface area contributed by atoms with E-state index in [4.69, 9.17) is 9.47 Å². The van der Waals surface area contributed by atoms with Crippen molar-refractivity contribution in [2.45, 2.75) is 24.2 Å². The zero-order valence-corrected chi connectivity index (χ0v) is 16.2. The number of ether oxygens (including phenoxy) is 2. The minimum absolute atomic E-state index is 0.119. The molecule has 2 fully saturated rings. The Bertz CT molecular complexity index is 832. The molecular formula is C18H23FN2O6S. The summed E-state index contributed by atoms with van der Waals surface area (Å²) in [6.07, 6.45) is 2.36. The summed E-state index contributed by atoms with van der Waals surface area (Å²) in [5, 5.41) is 0. The van der Waals surface area contributed by atoms with Crippen LogP contribution in [0.1, 0.15) is 29.6 Å². The summed E-state index contributed by atoms with van der Waals surface area (Å²) in [6.45, 7) is 1.88. The molecule has 0 N–H and O–H groups in total. The molecule has 8 nitrogen and oxygen atoms in total. The Balaban J connectivity index is 1.69. The normalized spacial score (nSPS) is 18.7. The Labute approximate surface area is 163 Å². The predicted molar refractivity (Wildman–Crippen MR) is 96.7 cm³/mol. The fraction of sp³-hybridized carbons (Fsp3) is 0.556. The lowest BCUT2D eigenvalue weighted by molar-refractivity contribution is -0.138. The fourth-order valence-corrected chi connectivity index (χ4v) is 4.79. The summed E-state index contributed by atoms with van der Waals surface area (Å²) < 4.78 is 51.0. The SMILES string of the molecule is O=C(OCC(=O)N1CCOCC1)c1ccc(F)c(S(=O)(=O)N2CCCCC2)c1. The molecule has 1 amide bonds. The number of piperidine rings is 1. The van der Waals surface area contributed by atoms with Gasteiger partial charge in [0.15, 0.2) is 6.61 Å². The lowest BCUT2D eigenvalue weighted by atomic mass is 10.2. The molecule has 0 unspecified atom stereocenters. The van der Waals surface area contributed by atoms with Crippen LogP contribution in [0.5, 0.6) is 0 Å². The van der Waals surface area contributed by atoms with Crippen molar-refractivity contribution < 1.29 is 31.9 Å². The molecule has 0 aliphatic carbocycles. The van der Waals surface area contributed by atoms with Crippen LogP contribution in [0.4, 0.5) is 4.39 Å². The van der Waals surface area contributed by atoms with Gasteiger partial charge in [0.25, 0.3) is 5.91 Å². The van der Waals surface area contributed by atoms with Crippen molar-refractivity contribution in [3.8, 4) is 0 Å². The van der Waals surface area contributed by atoms with Crippen molar-refractivity contribution in [2.75, 3.05) is 46.0 Å². The van der Waals surface area contributed by atoms with E-state index in [1.54, 1.807) is 0 Å². The molecule has 2 heterocycles. The highest BCUT2D eigenvalue weighted by Gasteiger charge is 2.30. The van der Waals surface area contributed by atoms with Gasteiger partial charge < -0.3 is 14.4 Å². The Morgan fingerprint density at radius 3 is 2.43 bits per heavy atom. The van der Waals surface area contributed by atoms with Gasteiger partial charge in [-0.1, -0.05) is 6.42 Å². The van der Waals surface area contributed by atoms with E-state index in [2.05, 4.69) is 0 Å². The Kier molecular flexibility index (Phi) is 6.63. The van der Waals surface area contributed by atoms with Crippen LogP contribution in [0.25, 0.3) is 0 Å². The van der Waals surface area contributed by atoms with Gasteiger partial charge >= 0.3 is 5.97 Å². The van der Waals surface area contributed by atoms with Crippen molar-refractivity contribution in [3.63, 3.8) is 0 Å². The zero-order valence-electron chi connectivity index (χ0n) is 15.4. The second-order valence-corrected chi connectivity index (χ2v) is 8.59. The number of hydrogen-bond acceptors (Lipinski definition) is 6. The molecule has 1 aromatic carbocycles. The molecule has 0 atom stereocenters. The largest absolute Gasteiger partial charge is 0.452 e. The van der Waals surface area contributed by atoms with Crippen LogP contribution in [-0.4, -0.2) is 75.5 Å². The van der Waals surface area contributed by atoms with Crippen LogP contribution in [0.2, 0.25) is 0 Å². The lowest BCUT2D eigenvalue weighted by Crippen LogP contribution is -2.42. The smallest absolute Gasteiger partial charge is 0.338 e. The Morgan fingerprint density at radius 2 is 1.75 bits per heavy atom. The molecule has 2 saturated heterocycles. The standard InChI is InChI=1S/C18H23FN2O6S/c19-15-5-4-14(12-16(15)28(24,25)21-6-2-1-3-7-21)18(23)27-13-17(22)20-8-10-26-11-9-20/h4-5,12H,1-3,6-11,13H2. The van der Waals surface area contributed by atoms with Crippen LogP contribution in [0.15, 0.2) is 23.1 Å². The number of amides is 1. The highest BCUT2D eigenvalue weighted by molar-refractivity contribution is 7.89. The average Bonchev–Trinajstić information content (AvgIpc) is 2.73. The van der Waals surface area contributed by atoms with Crippen molar-refractivity contribution in [1.82, 2.24) is 9.21 Å². The summed E-state index contributed by atoms with van der Waals surface area (Å²) >= 11 is 0. The van der Waals surface area contributed by atoms with Crippen molar-refractivity contribution in [1.29, 1.82) is 0 Å². The number of carbonyl (C=O) groups excluding carboxylic acids is 2. The van der Waals surface area contributed by atoms with Gasteiger partial charge in [-0.3, -0.25) is 4.79 Å². The van der Waals surface area contributed by atoms with Gasteiger partial charge in [-0.05, 0) is 31.0 Å². The first-order chi connectivity index (χ1) is 13.4. The van der Waals surface area contributed by atoms with Gasteiger partial charge in [0.1, 0.15) is 10.7 Å². The minimum Gasteiger partial charge on any atom is -0.452 e. The molecule has 0 bridgehead atoms. The molecule has 3 rings (SSSR count). The lowest BCUT2D eigenvalue weighted by Gasteiger charge is -2.26. The number of benzene rings is 1. The van der Waals surface area contributed by atoms with E-state index in [9.17, 15) is 22.4 Å². The molecule has 0 aromatic heterocycles. The molecule has 28 heavy (non-hydrogen) atoms. The van der Waals surface area contributed by atoms with Crippen LogP contribution in [0.3, 0.4) is 0 Å². The van der Waals surface area contributed by atoms with E-state index >= 15 is 0 Å². The quantitative estimate of drug-likeness (QED) is 0.668. The fourth-order valence-electron chi connectivity index (χ4n) is 3.19. The maximum atomic E-state index is 14.2. The molecule has 1 aromatic rings. The first-order valence-corrected chi connectivity index (χ1v) is 10.7. The topological polar surface area (TPSA) is 93.2 Å². The number of nitrogens with zero attached hydrogens (tertiary/aromatic N) is 2. The van der Waals surface area contributed by atoms with E-state index in [0.29, 0.717) is 52.2 Å². The monoisotopic (exact) mass is 414 g/mol. The Hall–Kier alpha value is -2.04. The second-order valence-electron chi connectivity index (χ2n) is 6.68. The predicted octanol–water partition coefficient (Wildman–Crippen LogP) is 1.02. The molecule has 10 heteroatoms. The second kappa shape index (κ2) is 8.97. The van der Waals surface area contributed by atoms with Crippen molar-refractivity contribution in [2.24, 2.45) is 0 Å². The van der Waals surface area contributed by atoms with E-state index in [1.165, 1.54) is 9.21 Å². The summed E-state index contributed by atoms with van der Waals surface area (Å²) in [4.78, 5) is 25.3. The zero-order chi connectivity index (χ0) is 20.1. The third kappa shape index (κ3) is 4.68. The van der Waals surface area contributed by atoms with E-state index in [-0.39, 0.29) is 11.5 Å². The molecule has 0 radical (unpaired) electrons. The van der Waals surface area contributed by atoms with Gasteiger partial charge in [-0.25, -0.2) is 17.6 Å². The Morgan fingerprint density at radius 1 is 1.07 bits per heavy atom. The number of morpholine rings is 1. The maximum absolute atomic E-state index is 14.2. The maximum Gasteiger partial charge on any atom is 0.338 e. The summed E-state index contributed by atoms with van der Waals surface area (Å²) in [7, 11) is -4.04. The van der Waals surface area contributed by atoms with Gasteiger partial charge in [-0.15, -0.1) is 0 Å². The molecule has 154 valence electrons. The number of carbonyl (C=O) groups is 2. The first-order valence-electron chi connectivity index (χ1n) is 9.22. The highest BCUT2D eigenvalue weighted by atomic mass is 32.2. The van der Waals surface area contributed by atoms with Gasteiger partial charge in [0, 0.05) is 26.2 Å². The summed E-state index contributed by atoms with van der Waals surface area (Å²) in [5.41, 5.74) is -0.119. The van der Waals surface area contributed by atoms with Crippen LogP contribution in [0, 0.1) is 5.82 Å². The highest BCUT2D eigenvalue weighted by Crippen LogP contribution is 2.24. The van der Waals surface area contributed by atoms with E-state index in [0.717, 1.165) is 24.6 Å². The van der Waals surface area contributed by atoms with E-state index < -0.39 is 33.3 Å². The number of halogens is 1. The third-order valence-corrected chi connectivity index (χ3v) is 6.70. The molecule has 0 saturated carbocycles. The van der Waals surface area contributed by atoms with Crippen LogP contribution >= 0.6 is 0 Å². The molecular weight excluding hydrogens is 391 g/mol. The van der Waals surface area contributed by atoms with Crippen molar-refractivity contribution >= 4 is 21.9 Å². The first kappa shape index (κ1) is 20.7. The molecule has 0 spiro atoms. The number of esters is 1. The minimum atomic E-state index is -4.04. The molecule has 2 aliphatic rings. The van der Waals surface area contributed by atoms with Crippen molar-refractivity contribution in [3.05, 3.63) is 29.6 Å². The number of hydrogen-bond donors (Lipinski definition) is 0. The summed E-state index contributed by atoms with van der Waals surface area (Å²) in [6, 6.07) is 3.05. The molecule has 2 aliphatic heterocycles. The van der Waals surface area contributed by atoms with Gasteiger partial charge in [0.2, 0.25) is 10.0 Å².